The second kappa shape index (κ2) is 11.1. The largest absolute Gasteiger partial charge is 0.456 e. The fourth-order valence-electron chi connectivity index (χ4n) is 8.32. The zero-order chi connectivity index (χ0) is 35.3. The number of para-hydroxylation sites is 2. The summed E-state index contributed by atoms with van der Waals surface area (Å²) < 4.78 is 12.9. The van der Waals surface area contributed by atoms with Gasteiger partial charge in [-0.25, -0.2) is 15.0 Å². The van der Waals surface area contributed by atoms with Gasteiger partial charge in [-0.2, -0.15) is 0 Å². The molecule has 1 aliphatic carbocycles. The molecule has 53 heavy (non-hydrogen) atoms. The Morgan fingerprint density at radius 2 is 1.02 bits per heavy atom. The summed E-state index contributed by atoms with van der Waals surface area (Å²) >= 11 is 0. The van der Waals surface area contributed by atoms with Crippen molar-refractivity contribution in [3.63, 3.8) is 0 Å². The van der Waals surface area contributed by atoms with E-state index < -0.39 is 0 Å². The van der Waals surface area contributed by atoms with Crippen LogP contribution in [0.2, 0.25) is 0 Å². The van der Waals surface area contributed by atoms with Gasteiger partial charge < -0.3 is 8.83 Å². The van der Waals surface area contributed by atoms with Crippen LogP contribution in [0.4, 0.5) is 0 Å². The van der Waals surface area contributed by atoms with Crippen molar-refractivity contribution < 1.29 is 8.83 Å². The smallest absolute Gasteiger partial charge is 0.164 e. The highest BCUT2D eigenvalue weighted by molar-refractivity contribution is 6.13. The average molecular weight is 682 g/mol. The molecule has 1 aliphatic rings. The number of fused-ring (bicyclic) bond motifs is 9. The fourth-order valence-corrected chi connectivity index (χ4v) is 8.32. The van der Waals surface area contributed by atoms with Crippen molar-refractivity contribution >= 4 is 43.9 Å². The van der Waals surface area contributed by atoms with E-state index in [4.69, 9.17) is 23.8 Å². The molecule has 0 amide bonds. The highest BCUT2D eigenvalue weighted by Gasteiger charge is 2.36. The number of rotatable bonds is 4. The summed E-state index contributed by atoms with van der Waals surface area (Å²) in [6.07, 6.45) is 0. The van der Waals surface area contributed by atoms with E-state index in [1.807, 2.05) is 60.7 Å². The highest BCUT2D eigenvalue weighted by atomic mass is 16.3. The summed E-state index contributed by atoms with van der Waals surface area (Å²) in [5, 5.41) is 4.27. The molecule has 250 valence electrons. The van der Waals surface area contributed by atoms with Crippen molar-refractivity contribution in [2.24, 2.45) is 0 Å². The second-order valence-corrected chi connectivity index (χ2v) is 14.4. The van der Waals surface area contributed by atoms with Gasteiger partial charge in [0.1, 0.15) is 22.3 Å². The molecule has 0 atom stereocenters. The number of benzene rings is 7. The summed E-state index contributed by atoms with van der Waals surface area (Å²) in [5.74, 6) is 1.81. The second-order valence-electron chi connectivity index (χ2n) is 14.4. The van der Waals surface area contributed by atoms with Gasteiger partial charge in [0.05, 0.1) is 0 Å². The summed E-state index contributed by atoms with van der Waals surface area (Å²) in [5.41, 5.74) is 13.4. The lowest BCUT2D eigenvalue weighted by Crippen LogP contribution is -2.14. The standard InChI is InChI=1S/C48H31N3O2/c1-48(2)38-19-8-6-14-32(38)36-26-37-33-17-10-16-31(44(33)53-42(37)27-39(36)48)28-22-24-30(25-23-28)46-49-45(29-12-4-3-5-13-29)50-47(51-46)35-18-11-21-41-43(35)34-15-7-9-20-40(34)52-41/h3-27H,1-2H3. The van der Waals surface area contributed by atoms with Gasteiger partial charge in [-0.15, -0.1) is 0 Å². The SMILES string of the molecule is CC1(C)c2ccccc2-c2cc3c(cc21)oc1c(-c2ccc(-c4nc(-c5ccccc5)nc(-c5cccc6oc7ccccc7c56)n4)cc2)cccc13. The van der Waals surface area contributed by atoms with Crippen LogP contribution in [0, 0.1) is 0 Å². The third kappa shape index (κ3) is 4.47. The lowest BCUT2D eigenvalue weighted by molar-refractivity contribution is 0.648. The first kappa shape index (κ1) is 29.8. The Morgan fingerprint density at radius 3 is 1.87 bits per heavy atom. The van der Waals surface area contributed by atoms with Gasteiger partial charge in [-0.05, 0) is 52.1 Å². The van der Waals surface area contributed by atoms with Crippen LogP contribution in [0.15, 0.2) is 160 Å². The number of nitrogens with zero attached hydrogens (tertiary/aromatic N) is 3. The number of aromatic nitrogens is 3. The molecule has 5 heteroatoms. The van der Waals surface area contributed by atoms with Gasteiger partial charge in [-0.1, -0.05) is 141 Å². The minimum atomic E-state index is -0.0914. The maximum atomic E-state index is 6.72. The summed E-state index contributed by atoms with van der Waals surface area (Å²) in [6.45, 7) is 4.61. The Labute approximate surface area is 305 Å². The van der Waals surface area contributed by atoms with Gasteiger partial charge in [0.2, 0.25) is 0 Å². The van der Waals surface area contributed by atoms with Crippen LogP contribution in [-0.4, -0.2) is 15.0 Å². The van der Waals surface area contributed by atoms with Crippen molar-refractivity contribution in [1.82, 2.24) is 15.0 Å². The topological polar surface area (TPSA) is 65.0 Å². The first-order valence-electron chi connectivity index (χ1n) is 17.9. The number of hydrogen-bond donors (Lipinski definition) is 0. The summed E-state index contributed by atoms with van der Waals surface area (Å²) in [7, 11) is 0. The average Bonchev–Trinajstić information content (AvgIpc) is 3.85. The van der Waals surface area contributed by atoms with E-state index in [-0.39, 0.29) is 5.41 Å². The Kier molecular flexibility index (Phi) is 6.23. The summed E-state index contributed by atoms with van der Waals surface area (Å²) in [6, 6.07) is 52.4. The molecule has 0 aliphatic heterocycles. The van der Waals surface area contributed by atoms with Gasteiger partial charge in [0.15, 0.2) is 17.5 Å². The maximum Gasteiger partial charge on any atom is 0.164 e. The van der Waals surface area contributed by atoms with Gasteiger partial charge in [0.25, 0.3) is 0 Å². The van der Waals surface area contributed by atoms with Crippen LogP contribution < -0.4 is 0 Å². The Hall–Kier alpha value is -6.85. The van der Waals surface area contributed by atoms with E-state index in [1.165, 1.54) is 22.3 Å². The van der Waals surface area contributed by atoms with E-state index >= 15 is 0 Å². The minimum absolute atomic E-state index is 0.0914. The maximum absolute atomic E-state index is 6.72. The van der Waals surface area contributed by atoms with Crippen molar-refractivity contribution in [3.8, 4) is 56.4 Å². The molecule has 5 nitrogen and oxygen atoms in total. The zero-order valence-electron chi connectivity index (χ0n) is 29.1. The highest BCUT2D eigenvalue weighted by Crippen LogP contribution is 2.51. The molecule has 11 rings (SSSR count). The van der Waals surface area contributed by atoms with E-state index in [2.05, 4.69) is 105 Å². The Bertz CT molecular complexity index is 3080. The van der Waals surface area contributed by atoms with Crippen molar-refractivity contribution in [1.29, 1.82) is 0 Å². The Morgan fingerprint density at radius 1 is 0.396 bits per heavy atom. The molecule has 7 aromatic carbocycles. The number of furan rings is 2. The van der Waals surface area contributed by atoms with Crippen LogP contribution in [-0.2, 0) is 5.41 Å². The molecule has 0 unspecified atom stereocenters. The van der Waals surface area contributed by atoms with E-state index in [9.17, 15) is 0 Å². The first-order valence-corrected chi connectivity index (χ1v) is 17.9. The first-order chi connectivity index (χ1) is 26.0. The summed E-state index contributed by atoms with van der Waals surface area (Å²) in [4.78, 5) is 15.1. The van der Waals surface area contributed by atoms with Gasteiger partial charge >= 0.3 is 0 Å². The van der Waals surface area contributed by atoms with Crippen molar-refractivity contribution in [2.45, 2.75) is 19.3 Å². The molecule has 0 N–H and O–H groups in total. The predicted octanol–water partition coefficient (Wildman–Crippen LogP) is 12.6. The monoisotopic (exact) mass is 681 g/mol. The van der Waals surface area contributed by atoms with Crippen LogP contribution in [0.3, 0.4) is 0 Å². The van der Waals surface area contributed by atoms with Gasteiger partial charge in [-0.3, -0.25) is 0 Å². The molecule has 3 aromatic heterocycles. The van der Waals surface area contributed by atoms with Crippen LogP contribution in [0.5, 0.6) is 0 Å². The lowest BCUT2D eigenvalue weighted by Gasteiger charge is -2.21. The van der Waals surface area contributed by atoms with Crippen LogP contribution in [0.1, 0.15) is 25.0 Å². The Balaban J connectivity index is 1.03. The normalized spacial score (nSPS) is 13.2. The molecular weight excluding hydrogens is 651 g/mol. The molecular formula is C48H31N3O2. The molecule has 0 fully saturated rings. The van der Waals surface area contributed by atoms with Crippen molar-refractivity contribution in [3.05, 3.63) is 163 Å². The van der Waals surface area contributed by atoms with Crippen LogP contribution >= 0.6 is 0 Å². The quantitative estimate of drug-likeness (QED) is 0.185. The van der Waals surface area contributed by atoms with Crippen molar-refractivity contribution in [2.75, 3.05) is 0 Å². The molecule has 10 aromatic rings. The third-order valence-corrected chi connectivity index (χ3v) is 11.0. The molecule has 3 heterocycles. The molecule has 0 saturated carbocycles. The number of hydrogen-bond acceptors (Lipinski definition) is 5. The molecule has 0 spiro atoms. The van der Waals surface area contributed by atoms with Gasteiger partial charge in [0, 0.05) is 49.2 Å². The van der Waals surface area contributed by atoms with Crippen LogP contribution in [0.25, 0.3) is 100 Å². The predicted molar refractivity (Wildman–Crippen MR) is 214 cm³/mol. The minimum Gasteiger partial charge on any atom is -0.456 e. The van der Waals surface area contributed by atoms with E-state index in [0.717, 1.165) is 71.7 Å². The third-order valence-electron chi connectivity index (χ3n) is 11.0. The lowest BCUT2D eigenvalue weighted by atomic mass is 9.82. The van der Waals surface area contributed by atoms with E-state index in [1.54, 1.807) is 0 Å². The molecule has 0 radical (unpaired) electrons. The molecule has 0 saturated heterocycles. The molecule has 0 bridgehead atoms. The fraction of sp³-hybridized carbons (Fsp3) is 0.0625. The van der Waals surface area contributed by atoms with E-state index in [0.29, 0.717) is 17.5 Å². The zero-order valence-corrected chi connectivity index (χ0v) is 29.1.